The summed E-state index contributed by atoms with van der Waals surface area (Å²) in [7, 11) is 0. The van der Waals surface area contributed by atoms with Gasteiger partial charge < -0.3 is 10.4 Å². The summed E-state index contributed by atoms with van der Waals surface area (Å²) >= 11 is 0. The number of hydrogen-bond donors (Lipinski definition) is 2. The molecule has 0 atom stereocenters. The van der Waals surface area contributed by atoms with Crippen molar-refractivity contribution in [1.82, 2.24) is 4.98 Å². The fourth-order valence-corrected chi connectivity index (χ4v) is 1.45. The number of nitrogens with one attached hydrogen (secondary N) is 1. The lowest BCUT2D eigenvalue weighted by Crippen LogP contribution is -2.14. The maximum absolute atomic E-state index is 11.8. The molecule has 1 aromatic carbocycles. The Hall–Kier alpha value is -2.20. The molecule has 2 N–H and O–H groups in total. The topological polar surface area (TPSA) is 62.2 Å². The molecule has 0 bridgehead atoms. The summed E-state index contributed by atoms with van der Waals surface area (Å²) < 4.78 is 0. The third-order valence-corrected chi connectivity index (χ3v) is 2.33. The number of anilines is 1. The smallest absolute Gasteiger partial charge is 0.256 e. The molecule has 0 spiro atoms. The van der Waals surface area contributed by atoms with Gasteiger partial charge in [-0.05, 0) is 18.2 Å². The van der Waals surface area contributed by atoms with E-state index in [-0.39, 0.29) is 12.5 Å². The van der Waals surface area contributed by atoms with Crippen molar-refractivity contribution in [2.45, 2.75) is 6.61 Å². The van der Waals surface area contributed by atoms with Crippen LogP contribution in [0.15, 0.2) is 48.7 Å². The molecular weight excluding hydrogens is 216 g/mol. The van der Waals surface area contributed by atoms with E-state index in [4.69, 9.17) is 5.11 Å². The highest BCUT2D eigenvalue weighted by molar-refractivity contribution is 6.04. The maximum Gasteiger partial charge on any atom is 0.256 e. The third kappa shape index (κ3) is 2.68. The van der Waals surface area contributed by atoms with E-state index >= 15 is 0 Å². The van der Waals surface area contributed by atoms with Crippen LogP contribution in [0.25, 0.3) is 0 Å². The van der Waals surface area contributed by atoms with Crippen molar-refractivity contribution < 1.29 is 9.90 Å². The van der Waals surface area contributed by atoms with Crippen molar-refractivity contribution in [1.29, 1.82) is 0 Å². The van der Waals surface area contributed by atoms with Gasteiger partial charge in [0.25, 0.3) is 5.91 Å². The van der Waals surface area contributed by atoms with Crippen LogP contribution in [0.3, 0.4) is 0 Å². The zero-order valence-electron chi connectivity index (χ0n) is 9.13. The first kappa shape index (κ1) is 11.3. The minimum absolute atomic E-state index is 0.155. The summed E-state index contributed by atoms with van der Waals surface area (Å²) in [5, 5.41) is 11.8. The van der Waals surface area contributed by atoms with Crippen LogP contribution in [0.1, 0.15) is 15.9 Å². The quantitative estimate of drug-likeness (QED) is 0.842. The molecule has 0 radical (unpaired) electrons. The maximum atomic E-state index is 11.8. The molecule has 4 nitrogen and oxygen atoms in total. The highest BCUT2D eigenvalue weighted by atomic mass is 16.3. The molecule has 2 rings (SSSR count). The molecule has 1 heterocycles. The van der Waals surface area contributed by atoms with E-state index in [9.17, 15) is 4.79 Å². The second kappa shape index (κ2) is 5.23. The Morgan fingerprint density at radius 2 is 1.94 bits per heavy atom. The van der Waals surface area contributed by atoms with E-state index in [0.29, 0.717) is 16.9 Å². The molecule has 2 aromatic rings. The van der Waals surface area contributed by atoms with Gasteiger partial charge in [0.05, 0.1) is 6.61 Å². The Morgan fingerprint density at radius 1 is 1.18 bits per heavy atom. The fourth-order valence-electron chi connectivity index (χ4n) is 1.45. The molecule has 0 aliphatic heterocycles. The predicted octanol–water partition coefficient (Wildman–Crippen LogP) is 1.83. The second-order valence-corrected chi connectivity index (χ2v) is 3.49. The fraction of sp³-hybridized carbons (Fsp3) is 0.0769. The van der Waals surface area contributed by atoms with Crippen LogP contribution < -0.4 is 5.32 Å². The number of hydrogen-bond acceptors (Lipinski definition) is 3. The van der Waals surface area contributed by atoms with E-state index < -0.39 is 0 Å². The molecule has 0 saturated carbocycles. The standard InChI is InChI=1S/C13H12N2O2/c16-9-11-7-4-8-14-12(11)15-13(17)10-5-2-1-3-6-10/h1-8,16H,9H2,(H,14,15,17). The van der Waals surface area contributed by atoms with Gasteiger partial charge in [0.15, 0.2) is 0 Å². The first-order valence-electron chi connectivity index (χ1n) is 5.22. The van der Waals surface area contributed by atoms with Crippen LogP contribution in [0.4, 0.5) is 5.82 Å². The Morgan fingerprint density at radius 3 is 2.65 bits per heavy atom. The molecular formula is C13H12N2O2. The van der Waals surface area contributed by atoms with E-state index in [2.05, 4.69) is 10.3 Å². The minimum Gasteiger partial charge on any atom is -0.392 e. The number of nitrogens with zero attached hydrogens (tertiary/aromatic N) is 1. The number of benzene rings is 1. The van der Waals surface area contributed by atoms with Crippen molar-refractivity contribution in [3.63, 3.8) is 0 Å². The molecule has 0 fully saturated rings. The number of aliphatic hydroxyl groups excluding tert-OH is 1. The highest BCUT2D eigenvalue weighted by Gasteiger charge is 2.08. The van der Waals surface area contributed by atoms with Crippen LogP contribution in [0, 0.1) is 0 Å². The van der Waals surface area contributed by atoms with Gasteiger partial charge >= 0.3 is 0 Å². The Kier molecular flexibility index (Phi) is 3.47. The summed E-state index contributed by atoms with van der Waals surface area (Å²) in [6.45, 7) is -0.155. The predicted molar refractivity (Wildman–Crippen MR) is 64.6 cm³/mol. The highest BCUT2D eigenvalue weighted by Crippen LogP contribution is 2.12. The first-order valence-corrected chi connectivity index (χ1v) is 5.22. The summed E-state index contributed by atoms with van der Waals surface area (Å²) in [4.78, 5) is 15.9. The number of aliphatic hydroxyl groups is 1. The number of amides is 1. The summed E-state index contributed by atoms with van der Waals surface area (Å²) in [5.74, 6) is 0.155. The molecule has 86 valence electrons. The SMILES string of the molecule is O=C(Nc1ncccc1CO)c1ccccc1. The second-order valence-electron chi connectivity index (χ2n) is 3.49. The van der Waals surface area contributed by atoms with Gasteiger partial charge in [-0.3, -0.25) is 4.79 Å². The molecule has 1 aromatic heterocycles. The van der Waals surface area contributed by atoms with Gasteiger partial charge in [-0.15, -0.1) is 0 Å². The van der Waals surface area contributed by atoms with Crippen molar-refractivity contribution in [2.75, 3.05) is 5.32 Å². The lowest BCUT2D eigenvalue weighted by atomic mass is 10.2. The van der Waals surface area contributed by atoms with E-state index in [1.54, 1.807) is 42.6 Å². The van der Waals surface area contributed by atoms with Crippen molar-refractivity contribution in [3.8, 4) is 0 Å². The monoisotopic (exact) mass is 228 g/mol. The Labute approximate surface area is 98.9 Å². The minimum atomic E-state index is -0.237. The zero-order valence-corrected chi connectivity index (χ0v) is 9.13. The first-order chi connectivity index (χ1) is 8.31. The summed E-state index contributed by atoms with van der Waals surface area (Å²) in [5.41, 5.74) is 1.15. The molecule has 0 saturated heterocycles. The number of pyridine rings is 1. The number of carbonyl (C=O) groups is 1. The average Bonchev–Trinajstić information content (AvgIpc) is 2.40. The van der Waals surface area contributed by atoms with Gasteiger partial charge in [0.1, 0.15) is 5.82 Å². The van der Waals surface area contributed by atoms with Crippen molar-refractivity contribution in [3.05, 3.63) is 59.8 Å². The third-order valence-electron chi connectivity index (χ3n) is 2.33. The van der Waals surface area contributed by atoms with Gasteiger partial charge in [0.2, 0.25) is 0 Å². The van der Waals surface area contributed by atoms with Crippen molar-refractivity contribution >= 4 is 11.7 Å². The Balaban J connectivity index is 2.19. The molecule has 0 aliphatic rings. The van der Waals surface area contributed by atoms with E-state index in [0.717, 1.165) is 0 Å². The molecule has 1 amide bonds. The zero-order chi connectivity index (χ0) is 12.1. The van der Waals surface area contributed by atoms with E-state index in [1.807, 2.05) is 6.07 Å². The van der Waals surface area contributed by atoms with E-state index in [1.165, 1.54) is 0 Å². The largest absolute Gasteiger partial charge is 0.392 e. The molecule has 0 aliphatic carbocycles. The summed E-state index contributed by atoms with van der Waals surface area (Å²) in [6.07, 6.45) is 1.57. The average molecular weight is 228 g/mol. The lowest BCUT2D eigenvalue weighted by Gasteiger charge is -2.07. The normalized spacial score (nSPS) is 9.94. The number of rotatable bonds is 3. The van der Waals surface area contributed by atoms with Gasteiger partial charge in [-0.1, -0.05) is 24.3 Å². The van der Waals surface area contributed by atoms with Crippen molar-refractivity contribution in [2.24, 2.45) is 0 Å². The van der Waals surface area contributed by atoms with Gasteiger partial charge in [-0.2, -0.15) is 0 Å². The Bertz CT molecular complexity index is 512. The number of carbonyl (C=O) groups excluding carboxylic acids is 1. The summed E-state index contributed by atoms with van der Waals surface area (Å²) in [6, 6.07) is 12.3. The van der Waals surface area contributed by atoms with Gasteiger partial charge in [-0.25, -0.2) is 4.98 Å². The van der Waals surface area contributed by atoms with Gasteiger partial charge in [0, 0.05) is 17.3 Å². The molecule has 4 heteroatoms. The molecule has 0 unspecified atom stereocenters. The van der Waals surface area contributed by atoms with Crippen LogP contribution in [0.5, 0.6) is 0 Å². The van der Waals surface area contributed by atoms with Crippen LogP contribution in [-0.2, 0) is 6.61 Å². The van der Waals surface area contributed by atoms with Crippen LogP contribution in [-0.4, -0.2) is 16.0 Å². The van der Waals surface area contributed by atoms with Crippen LogP contribution in [0.2, 0.25) is 0 Å². The van der Waals surface area contributed by atoms with Crippen LogP contribution >= 0.6 is 0 Å². The number of aromatic nitrogens is 1. The lowest BCUT2D eigenvalue weighted by molar-refractivity contribution is 0.102. The molecule has 17 heavy (non-hydrogen) atoms.